The standard InChI is InChI=1S/C10H20FNO/c11-7-9(13)6-10(12)8-4-2-1-3-5-8/h8-10,13H,1-7,12H2. The van der Waals surface area contributed by atoms with Crippen molar-refractivity contribution >= 4 is 0 Å². The van der Waals surface area contributed by atoms with Crippen LogP contribution in [0.15, 0.2) is 0 Å². The molecule has 0 heterocycles. The molecule has 0 aromatic carbocycles. The summed E-state index contributed by atoms with van der Waals surface area (Å²) in [5.41, 5.74) is 5.90. The Hall–Kier alpha value is -0.150. The molecule has 78 valence electrons. The van der Waals surface area contributed by atoms with Crippen molar-refractivity contribution in [3.63, 3.8) is 0 Å². The third-order valence-electron chi connectivity index (χ3n) is 2.98. The molecule has 3 heteroatoms. The molecule has 1 aliphatic rings. The lowest BCUT2D eigenvalue weighted by atomic mass is 9.82. The Kier molecular flexibility index (Phi) is 4.67. The minimum atomic E-state index is -0.850. The molecule has 2 atom stereocenters. The third kappa shape index (κ3) is 3.61. The fourth-order valence-corrected chi connectivity index (χ4v) is 2.13. The van der Waals surface area contributed by atoms with Crippen molar-refractivity contribution in [3.05, 3.63) is 0 Å². The lowest BCUT2D eigenvalue weighted by Gasteiger charge is -2.28. The van der Waals surface area contributed by atoms with E-state index in [1.807, 2.05) is 0 Å². The van der Waals surface area contributed by atoms with Gasteiger partial charge in [0.1, 0.15) is 6.67 Å². The molecule has 3 N–H and O–H groups in total. The molecule has 1 fully saturated rings. The van der Waals surface area contributed by atoms with Gasteiger partial charge in [0.05, 0.1) is 6.10 Å². The predicted octanol–water partition coefficient (Wildman–Crippen LogP) is 1.61. The normalized spacial score (nSPS) is 24.2. The van der Waals surface area contributed by atoms with Crippen LogP contribution in [0.25, 0.3) is 0 Å². The van der Waals surface area contributed by atoms with Crippen molar-refractivity contribution in [2.45, 2.75) is 50.7 Å². The van der Waals surface area contributed by atoms with Crippen LogP contribution in [0.2, 0.25) is 0 Å². The fourth-order valence-electron chi connectivity index (χ4n) is 2.13. The highest BCUT2D eigenvalue weighted by molar-refractivity contribution is 4.78. The van der Waals surface area contributed by atoms with Gasteiger partial charge in [-0.3, -0.25) is 0 Å². The Labute approximate surface area is 79.3 Å². The molecular formula is C10H20FNO. The minimum Gasteiger partial charge on any atom is -0.390 e. The van der Waals surface area contributed by atoms with Gasteiger partial charge in [-0.2, -0.15) is 0 Å². The molecule has 13 heavy (non-hydrogen) atoms. The first-order chi connectivity index (χ1) is 6.24. The number of rotatable bonds is 4. The van der Waals surface area contributed by atoms with Crippen LogP contribution < -0.4 is 5.73 Å². The van der Waals surface area contributed by atoms with Crippen LogP contribution in [0.4, 0.5) is 4.39 Å². The van der Waals surface area contributed by atoms with Gasteiger partial charge in [-0.25, -0.2) is 4.39 Å². The molecule has 0 spiro atoms. The lowest BCUT2D eigenvalue weighted by Crippen LogP contribution is -2.35. The predicted molar refractivity (Wildman–Crippen MR) is 51.1 cm³/mol. The molecule has 0 bridgehead atoms. The van der Waals surface area contributed by atoms with Crippen molar-refractivity contribution in [2.24, 2.45) is 11.7 Å². The zero-order valence-corrected chi connectivity index (χ0v) is 8.08. The van der Waals surface area contributed by atoms with Gasteiger partial charge in [0, 0.05) is 6.04 Å². The number of hydrogen-bond donors (Lipinski definition) is 2. The van der Waals surface area contributed by atoms with Crippen LogP contribution in [0, 0.1) is 5.92 Å². The van der Waals surface area contributed by atoms with E-state index in [2.05, 4.69) is 0 Å². The van der Waals surface area contributed by atoms with Gasteiger partial charge in [-0.15, -0.1) is 0 Å². The average molecular weight is 189 g/mol. The maximum atomic E-state index is 12.0. The summed E-state index contributed by atoms with van der Waals surface area (Å²) >= 11 is 0. The van der Waals surface area contributed by atoms with Crippen molar-refractivity contribution in [1.82, 2.24) is 0 Å². The quantitative estimate of drug-likeness (QED) is 0.706. The number of nitrogens with two attached hydrogens (primary N) is 1. The molecule has 0 saturated heterocycles. The summed E-state index contributed by atoms with van der Waals surface area (Å²) < 4.78 is 12.0. The molecule has 0 aliphatic heterocycles. The topological polar surface area (TPSA) is 46.2 Å². The van der Waals surface area contributed by atoms with E-state index in [-0.39, 0.29) is 6.04 Å². The summed E-state index contributed by atoms with van der Waals surface area (Å²) in [6.45, 7) is -0.666. The minimum absolute atomic E-state index is 0.00829. The molecule has 0 aromatic heterocycles. The Bertz CT molecular complexity index is 137. The Morgan fingerprint density at radius 2 is 1.92 bits per heavy atom. The summed E-state index contributed by atoms with van der Waals surface area (Å²) in [6, 6.07) is -0.00829. The zero-order chi connectivity index (χ0) is 9.68. The van der Waals surface area contributed by atoms with Crippen LogP contribution in [-0.4, -0.2) is 23.9 Å². The molecule has 0 radical (unpaired) electrons. The van der Waals surface area contributed by atoms with E-state index < -0.39 is 12.8 Å². The molecule has 1 aliphatic carbocycles. The largest absolute Gasteiger partial charge is 0.390 e. The molecule has 0 aromatic rings. The maximum Gasteiger partial charge on any atom is 0.115 e. The number of halogens is 1. The lowest BCUT2D eigenvalue weighted by molar-refractivity contribution is 0.110. The van der Waals surface area contributed by atoms with Gasteiger partial charge in [0.25, 0.3) is 0 Å². The molecule has 2 nitrogen and oxygen atoms in total. The SMILES string of the molecule is NC(CC(O)CF)C1CCCCC1. The highest BCUT2D eigenvalue weighted by atomic mass is 19.1. The van der Waals surface area contributed by atoms with Gasteiger partial charge in [-0.1, -0.05) is 19.3 Å². The van der Waals surface area contributed by atoms with Crippen molar-refractivity contribution in [3.8, 4) is 0 Å². The van der Waals surface area contributed by atoms with Gasteiger partial charge in [-0.05, 0) is 25.2 Å². The summed E-state index contributed by atoms with van der Waals surface area (Å²) in [4.78, 5) is 0. The van der Waals surface area contributed by atoms with Crippen molar-refractivity contribution in [1.29, 1.82) is 0 Å². The smallest absolute Gasteiger partial charge is 0.115 e. The van der Waals surface area contributed by atoms with Crippen LogP contribution in [-0.2, 0) is 0 Å². The van der Waals surface area contributed by atoms with Gasteiger partial charge >= 0.3 is 0 Å². The van der Waals surface area contributed by atoms with Crippen molar-refractivity contribution < 1.29 is 9.50 Å². The van der Waals surface area contributed by atoms with E-state index in [1.54, 1.807) is 0 Å². The van der Waals surface area contributed by atoms with Crippen molar-refractivity contribution in [2.75, 3.05) is 6.67 Å². The van der Waals surface area contributed by atoms with E-state index in [0.29, 0.717) is 12.3 Å². The van der Waals surface area contributed by atoms with Crippen LogP contribution >= 0.6 is 0 Å². The fraction of sp³-hybridized carbons (Fsp3) is 1.00. The molecule has 1 rings (SSSR count). The van der Waals surface area contributed by atoms with Crippen LogP contribution in [0.1, 0.15) is 38.5 Å². The van der Waals surface area contributed by atoms with Gasteiger partial charge in [0.2, 0.25) is 0 Å². The van der Waals surface area contributed by atoms with E-state index in [1.165, 1.54) is 19.3 Å². The van der Waals surface area contributed by atoms with Gasteiger partial charge in [0.15, 0.2) is 0 Å². The highest BCUT2D eigenvalue weighted by Crippen LogP contribution is 2.27. The van der Waals surface area contributed by atoms with Crippen LogP contribution in [0.5, 0.6) is 0 Å². The van der Waals surface area contributed by atoms with E-state index in [4.69, 9.17) is 10.8 Å². The third-order valence-corrected chi connectivity index (χ3v) is 2.98. The second kappa shape index (κ2) is 5.55. The van der Waals surface area contributed by atoms with E-state index >= 15 is 0 Å². The Morgan fingerprint density at radius 1 is 1.31 bits per heavy atom. The van der Waals surface area contributed by atoms with Crippen LogP contribution in [0.3, 0.4) is 0 Å². The summed E-state index contributed by atoms with van der Waals surface area (Å²) in [5, 5.41) is 9.10. The molecule has 0 amide bonds. The Balaban J connectivity index is 2.24. The Morgan fingerprint density at radius 3 is 2.46 bits per heavy atom. The van der Waals surface area contributed by atoms with Gasteiger partial charge < -0.3 is 10.8 Å². The number of aliphatic hydroxyl groups is 1. The number of alkyl halides is 1. The number of hydrogen-bond acceptors (Lipinski definition) is 2. The average Bonchev–Trinajstić information content (AvgIpc) is 2.19. The summed E-state index contributed by atoms with van der Waals surface area (Å²) in [7, 11) is 0. The first-order valence-corrected chi connectivity index (χ1v) is 5.23. The maximum absolute atomic E-state index is 12.0. The highest BCUT2D eigenvalue weighted by Gasteiger charge is 2.22. The summed E-state index contributed by atoms with van der Waals surface area (Å²) in [6.07, 6.45) is 5.65. The first kappa shape index (κ1) is 10.9. The first-order valence-electron chi connectivity index (χ1n) is 5.23. The second-order valence-corrected chi connectivity index (χ2v) is 4.11. The molecule has 2 unspecified atom stereocenters. The number of aliphatic hydroxyl groups excluding tert-OH is 1. The monoisotopic (exact) mass is 189 g/mol. The van der Waals surface area contributed by atoms with E-state index in [0.717, 1.165) is 12.8 Å². The summed E-state index contributed by atoms with van der Waals surface area (Å²) in [5.74, 6) is 0.509. The van der Waals surface area contributed by atoms with E-state index in [9.17, 15) is 4.39 Å². The zero-order valence-electron chi connectivity index (χ0n) is 8.08. The molecule has 1 saturated carbocycles. The second-order valence-electron chi connectivity index (χ2n) is 4.11. The molecular weight excluding hydrogens is 169 g/mol.